The SMILES string of the molecule is CN(C)C1CCN(S(=O)(=O)c2cc(N)c(F)cc2Br)C1. The molecule has 1 unspecified atom stereocenters. The van der Waals surface area contributed by atoms with Crippen molar-refractivity contribution in [2.24, 2.45) is 0 Å². The molecule has 8 heteroatoms. The van der Waals surface area contributed by atoms with E-state index in [-0.39, 0.29) is 21.1 Å². The van der Waals surface area contributed by atoms with E-state index >= 15 is 0 Å². The molecule has 2 rings (SSSR count). The highest BCUT2D eigenvalue weighted by molar-refractivity contribution is 9.10. The summed E-state index contributed by atoms with van der Waals surface area (Å²) in [5, 5.41) is 0. The van der Waals surface area contributed by atoms with Crippen LogP contribution in [0, 0.1) is 5.82 Å². The second kappa shape index (κ2) is 5.59. The van der Waals surface area contributed by atoms with Gasteiger partial charge in [0, 0.05) is 23.6 Å². The van der Waals surface area contributed by atoms with E-state index < -0.39 is 15.8 Å². The summed E-state index contributed by atoms with van der Waals surface area (Å²) in [5.74, 6) is -0.636. The first-order valence-electron chi connectivity index (χ1n) is 6.14. The van der Waals surface area contributed by atoms with Gasteiger partial charge < -0.3 is 10.6 Å². The zero-order valence-electron chi connectivity index (χ0n) is 11.3. The van der Waals surface area contributed by atoms with Gasteiger partial charge in [-0.15, -0.1) is 0 Å². The molecule has 112 valence electrons. The lowest BCUT2D eigenvalue weighted by Crippen LogP contribution is -2.34. The van der Waals surface area contributed by atoms with Crippen LogP contribution in [0.5, 0.6) is 0 Å². The van der Waals surface area contributed by atoms with Gasteiger partial charge >= 0.3 is 0 Å². The molecule has 0 spiro atoms. The largest absolute Gasteiger partial charge is 0.396 e. The van der Waals surface area contributed by atoms with E-state index in [0.29, 0.717) is 13.1 Å². The van der Waals surface area contributed by atoms with E-state index in [4.69, 9.17) is 5.73 Å². The maximum Gasteiger partial charge on any atom is 0.244 e. The molecule has 0 amide bonds. The van der Waals surface area contributed by atoms with Gasteiger partial charge in [0.1, 0.15) is 5.82 Å². The van der Waals surface area contributed by atoms with Crippen molar-refractivity contribution in [2.45, 2.75) is 17.4 Å². The summed E-state index contributed by atoms with van der Waals surface area (Å²) in [6.07, 6.45) is 0.778. The van der Waals surface area contributed by atoms with Gasteiger partial charge in [-0.1, -0.05) is 0 Å². The molecule has 0 aromatic heterocycles. The Labute approximate surface area is 126 Å². The molecule has 2 N–H and O–H groups in total. The predicted octanol–water partition coefficient (Wildman–Crippen LogP) is 1.50. The van der Waals surface area contributed by atoms with Crippen LogP contribution in [-0.4, -0.2) is 50.8 Å². The summed E-state index contributed by atoms with van der Waals surface area (Å²) in [4.78, 5) is 2.01. The van der Waals surface area contributed by atoms with Gasteiger partial charge in [-0.05, 0) is 48.6 Å². The first-order valence-corrected chi connectivity index (χ1v) is 8.38. The summed E-state index contributed by atoms with van der Waals surface area (Å²) in [6.45, 7) is 0.883. The molecule has 1 aromatic rings. The minimum absolute atomic E-state index is 0.0100. The summed E-state index contributed by atoms with van der Waals surface area (Å²) in [6, 6.07) is 2.45. The van der Waals surface area contributed by atoms with E-state index in [1.54, 1.807) is 0 Å². The van der Waals surface area contributed by atoms with Crippen molar-refractivity contribution in [3.8, 4) is 0 Å². The quantitative estimate of drug-likeness (QED) is 0.824. The smallest absolute Gasteiger partial charge is 0.244 e. The number of nitrogen functional groups attached to an aromatic ring is 1. The van der Waals surface area contributed by atoms with Crippen molar-refractivity contribution in [3.05, 3.63) is 22.4 Å². The Morgan fingerprint density at radius 3 is 2.65 bits per heavy atom. The summed E-state index contributed by atoms with van der Waals surface area (Å²) in [5.41, 5.74) is 5.30. The zero-order valence-corrected chi connectivity index (χ0v) is 13.7. The maximum absolute atomic E-state index is 13.3. The number of hydrogen-bond acceptors (Lipinski definition) is 4. The molecule has 1 aliphatic rings. The van der Waals surface area contributed by atoms with Gasteiger partial charge in [0.15, 0.2) is 0 Å². The Morgan fingerprint density at radius 2 is 2.10 bits per heavy atom. The number of benzene rings is 1. The van der Waals surface area contributed by atoms with Crippen molar-refractivity contribution in [3.63, 3.8) is 0 Å². The molecule has 0 saturated carbocycles. The van der Waals surface area contributed by atoms with Crippen LogP contribution >= 0.6 is 15.9 Å². The maximum atomic E-state index is 13.3. The normalized spacial score (nSPS) is 20.8. The van der Waals surface area contributed by atoms with Gasteiger partial charge in [0.25, 0.3) is 0 Å². The van der Waals surface area contributed by atoms with Crippen LogP contribution in [0.1, 0.15) is 6.42 Å². The zero-order chi connectivity index (χ0) is 15.1. The number of anilines is 1. The molecule has 0 aliphatic carbocycles. The Balaban J connectivity index is 2.35. The Bertz CT molecular complexity index is 621. The van der Waals surface area contributed by atoms with Crippen LogP contribution in [0.15, 0.2) is 21.5 Å². The Hall–Kier alpha value is -0.700. The third kappa shape index (κ3) is 2.83. The summed E-state index contributed by atoms with van der Waals surface area (Å²) >= 11 is 3.10. The van der Waals surface area contributed by atoms with E-state index in [1.807, 2.05) is 19.0 Å². The highest BCUT2D eigenvalue weighted by Crippen LogP contribution is 2.31. The second-order valence-corrected chi connectivity index (χ2v) is 7.83. The van der Waals surface area contributed by atoms with E-state index in [0.717, 1.165) is 18.6 Å². The fourth-order valence-corrected chi connectivity index (χ4v) is 4.73. The van der Waals surface area contributed by atoms with E-state index in [9.17, 15) is 12.8 Å². The van der Waals surface area contributed by atoms with Gasteiger partial charge in [0.2, 0.25) is 10.0 Å². The molecule has 1 saturated heterocycles. The molecule has 5 nitrogen and oxygen atoms in total. The highest BCUT2D eigenvalue weighted by Gasteiger charge is 2.34. The molecule has 1 heterocycles. The van der Waals surface area contributed by atoms with Crippen LogP contribution < -0.4 is 5.73 Å². The molecule has 1 fully saturated rings. The van der Waals surface area contributed by atoms with Gasteiger partial charge in [-0.25, -0.2) is 12.8 Å². The second-order valence-electron chi connectivity index (χ2n) is 5.07. The topological polar surface area (TPSA) is 66.6 Å². The average Bonchev–Trinajstić information content (AvgIpc) is 2.83. The molecule has 0 radical (unpaired) electrons. The number of nitrogens with zero attached hydrogens (tertiary/aromatic N) is 2. The van der Waals surface area contributed by atoms with Crippen molar-refractivity contribution in [1.29, 1.82) is 0 Å². The fraction of sp³-hybridized carbons (Fsp3) is 0.500. The molecule has 1 atom stereocenters. The van der Waals surface area contributed by atoms with Crippen molar-refractivity contribution in [2.75, 3.05) is 32.9 Å². The minimum atomic E-state index is -3.66. The van der Waals surface area contributed by atoms with Crippen LogP contribution in [0.25, 0.3) is 0 Å². The van der Waals surface area contributed by atoms with Crippen molar-refractivity contribution >= 4 is 31.6 Å². The number of halogens is 2. The molecule has 20 heavy (non-hydrogen) atoms. The van der Waals surface area contributed by atoms with Gasteiger partial charge in [0.05, 0.1) is 10.6 Å². The number of sulfonamides is 1. The Kier molecular flexibility index (Phi) is 4.38. The molecular formula is C12H17BrFN3O2S. The highest BCUT2D eigenvalue weighted by atomic mass is 79.9. The fourth-order valence-electron chi connectivity index (χ4n) is 2.23. The van der Waals surface area contributed by atoms with Crippen molar-refractivity contribution < 1.29 is 12.8 Å². The number of rotatable bonds is 3. The summed E-state index contributed by atoms with van der Waals surface area (Å²) < 4.78 is 40.1. The average molecular weight is 366 g/mol. The molecule has 0 bridgehead atoms. The third-order valence-electron chi connectivity index (χ3n) is 3.53. The Morgan fingerprint density at radius 1 is 1.45 bits per heavy atom. The number of hydrogen-bond donors (Lipinski definition) is 1. The molecular weight excluding hydrogens is 349 g/mol. The monoisotopic (exact) mass is 365 g/mol. The van der Waals surface area contributed by atoms with E-state index in [2.05, 4.69) is 15.9 Å². The van der Waals surface area contributed by atoms with Gasteiger partial charge in [-0.3, -0.25) is 0 Å². The van der Waals surface area contributed by atoms with Crippen LogP contribution in [0.4, 0.5) is 10.1 Å². The standard InChI is InChI=1S/C12H17BrFN3O2S/c1-16(2)8-3-4-17(7-8)20(18,19)12-6-11(15)10(14)5-9(12)13/h5-6,8H,3-4,7,15H2,1-2H3. The molecule has 1 aliphatic heterocycles. The third-order valence-corrected chi connectivity index (χ3v) is 6.35. The number of nitrogens with two attached hydrogens (primary N) is 1. The predicted molar refractivity (Wildman–Crippen MR) is 79.4 cm³/mol. The lowest BCUT2D eigenvalue weighted by Gasteiger charge is -2.21. The van der Waals surface area contributed by atoms with Crippen LogP contribution in [0.2, 0.25) is 0 Å². The lowest BCUT2D eigenvalue weighted by atomic mass is 10.2. The van der Waals surface area contributed by atoms with Crippen LogP contribution in [-0.2, 0) is 10.0 Å². The first-order chi connectivity index (χ1) is 9.23. The van der Waals surface area contributed by atoms with Crippen LogP contribution in [0.3, 0.4) is 0 Å². The minimum Gasteiger partial charge on any atom is -0.396 e. The lowest BCUT2D eigenvalue weighted by molar-refractivity contribution is 0.302. The molecule has 1 aromatic carbocycles. The first kappa shape index (κ1) is 15.7. The van der Waals surface area contributed by atoms with Gasteiger partial charge in [-0.2, -0.15) is 4.31 Å². The van der Waals surface area contributed by atoms with E-state index in [1.165, 1.54) is 4.31 Å². The van der Waals surface area contributed by atoms with Crippen molar-refractivity contribution in [1.82, 2.24) is 9.21 Å². The number of likely N-dealkylation sites (N-methyl/N-ethyl adjacent to an activating group) is 1. The summed E-state index contributed by atoms with van der Waals surface area (Å²) in [7, 11) is 0.184.